The second kappa shape index (κ2) is 8.12. The van der Waals surface area contributed by atoms with E-state index in [9.17, 15) is 9.90 Å². The number of carboxylic acids is 1. The van der Waals surface area contributed by atoms with Crippen LogP contribution in [0.1, 0.15) is 31.7 Å². The highest BCUT2D eigenvalue weighted by Crippen LogP contribution is 2.38. The van der Waals surface area contributed by atoms with Crippen LogP contribution in [0.3, 0.4) is 0 Å². The molecule has 1 aromatic rings. The third-order valence-electron chi connectivity index (χ3n) is 4.97. The molecular weight excluding hydrogens is 326 g/mol. The maximum atomic E-state index is 11.7. The lowest BCUT2D eigenvalue weighted by Crippen LogP contribution is -2.47. The minimum absolute atomic E-state index is 0.578. The Morgan fingerprint density at radius 2 is 2.04 bits per heavy atom. The van der Waals surface area contributed by atoms with Crippen LogP contribution in [0.15, 0.2) is 17.0 Å². The van der Waals surface area contributed by atoms with Gasteiger partial charge in [0.05, 0.1) is 24.5 Å². The number of carbonyl (C=O) groups is 1. The summed E-state index contributed by atoms with van der Waals surface area (Å²) in [6.45, 7) is 4.12. The number of aliphatic carboxylic acids is 1. The van der Waals surface area contributed by atoms with Gasteiger partial charge in [-0.2, -0.15) is 0 Å². The van der Waals surface area contributed by atoms with Gasteiger partial charge in [-0.3, -0.25) is 9.69 Å². The first kappa shape index (κ1) is 18.9. The maximum Gasteiger partial charge on any atom is 0.310 e. The lowest BCUT2D eigenvalue weighted by molar-refractivity contribution is -0.153. The van der Waals surface area contributed by atoms with Gasteiger partial charge in [-0.15, -0.1) is 11.8 Å². The molecule has 24 heavy (non-hydrogen) atoms. The number of piperidine rings is 1. The molecule has 1 aliphatic rings. The van der Waals surface area contributed by atoms with Gasteiger partial charge >= 0.3 is 5.97 Å². The Morgan fingerprint density at radius 1 is 1.33 bits per heavy atom. The second-order valence-corrected chi connectivity index (χ2v) is 7.12. The Hall–Kier alpha value is -1.40. The normalized spacial score (nSPS) is 21.5. The second-order valence-electron chi connectivity index (χ2n) is 6.27. The van der Waals surface area contributed by atoms with Crippen molar-refractivity contribution in [3.8, 4) is 11.5 Å². The first-order valence-corrected chi connectivity index (χ1v) is 9.46. The van der Waals surface area contributed by atoms with E-state index in [1.165, 1.54) is 0 Å². The van der Waals surface area contributed by atoms with Crippen LogP contribution in [0.4, 0.5) is 0 Å². The van der Waals surface area contributed by atoms with E-state index in [1.807, 2.05) is 25.3 Å². The zero-order chi connectivity index (χ0) is 17.7. The Balaban J connectivity index is 2.25. The van der Waals surface area contributed by atoms with Crippen molar-refractivity contribution >= 4 is 17.7 Å². The van der Waals surface area contributed by atoms with Crippen molar-refractivity contribution in [2.45, 2.75) is 37.6 Å². The van der Waals surface area contributed by atoms with E-state index in [-0.39, 0.29) is 0 Å². The van der Waals surface area contributed by atoms with Crippen LogP contribution < -0.4 is 9.47 Å². The van der Waals surface area contributed by atoms with E-state index in [4.69, 9.17) is 9.47 Å². The minimum Gasteiger partial charge on any atom is -0.496 e. The molecule has 0 radical (unpaired) electrons. The predicted octanol–water partition coefficient (Wildman–Crippen LogP) is 3.50. The summed E-state index contributed by atoms with van der Waals surface area (Å²) in [7, 11) is 3.33. The maximum absolute atomic E-state index is 11.7. The van der Waals surface area contributed by atoms with E-state index in [2.05, 4.69) is 4.90 Å². The van der Waals surface area contributed by atoms with Gasteiger partial charge in [-0.25, -0.2) is 0 Å². The van der Waals surface area contributed by atoms with Crippen molar-refractivity contribution in [1.82, 2.24) is 4.90 Å². The largest absolute Gasteiger partial charge is 0.496 e. The van der Waals surface area contributed by atoms with E-state index in [0.717, 1.165) is 41.3 Å². The van der Waals surface area contributed by atoms with Crippen molar-refractivity contribution in [1.29, 1.82) is 0 Å². The predicted molar refractivity (Wildman–Crippen MR) is 96.2 cm³/mol. The molecule has 5 nitrogen and oxygen atoms in total. The van der Waals surface area contributed by atoms with Gasteiger partial charge in [-0.05, 0) is 44.2 Å². The Labute approximate surface area is 148 Å². The topological polar surface area (TPSA) is 59.0 Å². The monoisotopic (exact) mass is 353 g/mol. The molecule has 1 aliphatic heterocycles. The highest BCUT2D eigenvalue weighted by molar-refractivity contribution is 7.98. The molecule has 1 heterocycles. The number of benzene rings is 1. The third-order valence-corrected chi connectivity index (χ3v) is 5.73. The van der Waals surface area contributed by atoms with Gasteiger partial charge in [-0.1, -0.05) is 6.92 Å². The van der Waals surface area contributed by atoms with Crippen molar-refractivity contribution in [2.75, 3.05) is 33.6 Å². The fourth-order valence-corrected chi connectivity index (χ4v) is 4.00. The fraction of sp³-hybridized carbons (Fsp3) is 0.611. The summed E-state index contributed by atoms with van der Waals surface area (Å²) < 4.78 is 11.0. The number of hydrogen-bond donors (Lipinski definition) is 1. The fourth-order valence-electron chi connectivity index (χ4n) is 3.43. The molecule has 2 rings (SSSR count). The lowest BCUT2D eigenvalue weighted by atomic mass is 9.77. The number of rotatable bonds is 7. The number of hydrogen-bond acceptors (Lipinski definition) is 5. The van der Waals surface area contributed by atoms with E-state index < -0.39 is 11.4 Å². The Morgan fingerprint density at radius 3 is 2.58 bits per heavy atom. The summed E-state index contributed by atoms with van der Waals surface area (Å²) in [6.07, 6.45) is 4.32. The van der Waals surface area contributed by atoms with Crippen LogP contribution in [-0.4, -0.2) is 49.5 Å². The van der Waals surface area contributed by atoms with E-state index in [0.29, 0.717) is 19.5 Å². The summed E-state index contributed by atoms with van der Waals surface area (Å²) in [6, 6.07) is 4.00. The lowest BCUT2D eigenvalue weighted by Gasteiger charge is -2.39. The summed E-state index contributed by atoms with van der Waals surface area (Å²) in [4.78, 5) is 15.0. The molecule has 0 aromatic heterocycles. The minimum atomic E-state index is -0.683. The number of ether oxygens (including phenoxy) is 2. The third kappa shape index (κ3) is 3.81. The van der Waals surface area contributed by atoms with Gasteiger partial charge < -0.3 is 14.6 Å². The molecule has 1 atom stereocenters. The number of methoxy groups -OCH3 is 2. The number of likely N-dealkylation sites (tertiary alicyclic amines) is 1. The summed E-state index contributed by atoms with van der Waals surface area (Å²) in [5.74, 6) is 0.968. The van der Waals surface area contributed by atoms with Crippen molar-refractivity contribution < 1.29 is 19.4 Å². The highest BCUT2D eigenvalue weighted by atomic mass is 32.2. The molecule has 1 saturated heterocycles. The molecule has 0 aliphatic carbocycles. The van der Waals surface area contributed by atoms with Crippen LogP contribution >= 0.6 is 11.8 Å². The quantitative estimate of drug-likeness (QED) is 0.757. The highest BCUT2D eigenvalue weighted by Gasteiger charge is 2.40. The first-order chi connectivity index (χ1) is 11.5. The molecule has 1 N–H and O–H groups in total. The average Bonchev–Trinajstić information content (AvgIpc) is 2.61. The zero-order valence-corrected chi connectivity index (χ0v) is 15.7. The van der Waals surface area contributed by atoms with Gasteiger partial charge in [0.1, 0.15) is 11.5 Å². The molecule has 1 aromatic carbocycles. The molecule has 0 saturated carbocycles. The molecule has 0 spiro atoms. The number of carboxylic acid groups (broad SMARTS) is 1. The SMILES string of the molecule is CC[C@]1(C(=O)O)CCCN(Cc2cc(OC)c(SC)cc2OC)C1. The molecule has 1 fully saturated rings. The first-order valence-electron chi connectivity index (χ1n) is 8.24. The molecule has 0 amide bonds. The van der Waals surface area contributed by atoms with Crippen molar-refractivity contribution in [3.63, 3.8) is 0 Å². The van der Waals surface area contributed by atoms with Crippen LogP contribution in [0.5, 0.6) is 11.5 Å². The molecule has 0 unspecified atom stereocenters. The van der Waals surface area contributed by atoms with Gasteiger partial charge in [0, 0.05) is 18.7 Å². The van der Waals surface area contributed by atoms with Crippen molar-refractivity contribution in [3.05, 3.63) is 17.7 Å². The summed E-state index contributed by atoms with van der Waals surface area (Å²) in [5, 5.41) is 9.65. The number of nitrogens with zero attached hydrogens (tertiary/aromatic N) is 1. The van der Waals surface area contributed by atoms with Gasteiger partial charge in [0.15, 0.2) is 0 Å². The van der Waals surface area contributed by atoms with Gasteiger partial charge in [0.2, 0.25) is 0 Å². The molecule has 134 valence electrons. The van der Waals surface area contributed by atoms with Crippen LogP contribution in [0.25, 0.3) is 0 Å². The zero-order valence-electron chi connectivity index (χ0n) is 14.9. The standard InChI is InChI=1S/C18H27NO4S/c1-5-18(17(20)21)7-6-8-19(12-18)11-13-9-15(23-3)16(24-4)10-14(13)22-2/h9-10H,5-8,11-12H2,1-4H3,(H,20,21)/t18-/m0/s1. The Bertz CT molecular complexity index is 593. The summed E-state index contributed by atoms with van der Waals surface area (Å²) >= 11 is 1.62. The summed E-state index contributed by atoms with van der Waals surface area (Å²) in [5.41, 5.74) is 0.402. The molecule has 0 bridgehead atoms. The van der Waals surface area contributed by atoms with Crippen LogP contribution in [-0.2, 0) is 11.3 Å². The van der Waals surface area contributed by atoms with Crippen LogP contribution in [0, 0.1) is 5.41 Å². The average molecular weight is 353 g/mol. The van der Waals surface area contributed by atoms with E-state index >= 15 is 0 Å². The molecule has 6 heteroatoms. The van der Waals surface area contributed by atoms with Crippen LogP contribution in [0.2, 0.25) is 0 Å². The van der Waals surface area contributed by atoms with Gasteiger partial charge in [0.25, 0.3) is 0 Å². The van der Waals surface area contributed by atoms with E-state index in [1.54, 1.807) is 26.0 Å². The number of thioether (sulfide) groups is 1. The smallest absolute Gasteiger partial charge is 0.310 e. The van der Waals surface area contributed by atoms with Crippen molar-refractivity contribution in [2.24, 2.45) is 5.41 Å². The Kier molecular flexibility index (Phi) is 6.40. The molecular formula is C18H27NO4S.